The van der Waals surface area contributed by atoms with Gasteiger partial charge in [0.1, 0.15) is 0 Å². The number of rotatable bonds is 2. The first kappa shape index (κ1) is 10.0. The third-order valence-electron chi connectivity index (χ3n) is 2.54. The lowest BCUT2D eigenvalue weighted by molar-refractivity contribution is -0.138. The van der Waals surface area contributed by atoms with E-state index in [9.17, 15) is 18.0 Å². The van der Waals surface area contributed by atoms with E-state index in [0.29, 0.717) is 6.42 Å². The van der Waals surface area contributed by atoms with Crippen LogP contribution in [0.4, 0.5) is 13.2 Å². The van der Waals surface area contributed by atoms with Crippen molar-refractivity contribution in [2.24, 2.45) is 5.92 Å². The summed E-state index contributed by atoms with van der Waals surface area (Å²) in [5, 5.41) is 8.62. The van der Waals surface area contributed by atoms with E-state index >= 15 is 0 Å². The molecule has 0 heterocycles. The van der Waals surface area contributed by atoms with Crippen molar-refractivity contribution < 1.29 is 23.1 Å². The molecule has 2 nitrogen and oxygen atoms in total. The van der Waals surface area contributed by atoms with Crippen LogP contribution in [0.1, 0.15) is 17.9 Å². The molecule has 1 aromatic rings. The third kappa shape index (κ3) is 1.69. The van der Waals surface area contributed by atoms with Crippen LogP contribution < -0.4 is 0 Å². The molecule has 1 aliphatic rings. The summed E-state index contributed by atoms with van der Waals surface area (Å²) >= 11 is 0. The standard InChI is InChI=1S/C10H7F3O2/c11-7-1-4(2-8(12)9(7)13)5-3-6(5)10(14)15/h1-2,5-6H,3H2,(H,14,15)/t5-,6-/m0/s1. The molecule has 1 aromatic carbocycles. The molecule has 0 bridgehead atoms. The maximum absolute atomic E-state index is 12.8. The van der Waals surface area contributed by atoms with E-state index < -0.39 is 35.3 Å². The highest BCUT2D eigenvalue weighted by molar-refractivity contribution is 5.75. The topological polar surface area (TPSA) is 37.3 Å². The molecule has 15 heavy (non-hydrogen) atoms. The van der Waals surface area contributed by atoms with Gasteiger partial charge in [0, 0.05) is 0 Å². The van der Waals surface area contributed by atoms with Gasteiger partial charge in [-0.25, -0.2) is 13.2 Å². The smallest absolute Gasteiger partial charge is 0.307 e. The lowest BCUT2D eigenvalue weighted by Crippen LogP contribution is -2.00. The molecule has 1 N–H and O–H groups in total. The monoisotopic (exact) mass is 216 g/mol. The van der Waals surface area contributed by atoms with Crippen LogP contribution in [0.2, 0.25) is 0 Å². The fraction of sp³-hybridized carbons (Fsp3) is 0.300. The molecule has 0 saturated heterocycles. The van der Waals surface area contributed by atoms with Gasteiger partial charge in [-0.1, -0.05) is 0 Å². The highest BCUT2D eigenvalue weighted by atomic mass is 19.2. The Morgan fingerprint density at radius 3 is 2.20 bits per heavy atom. The number of carboxylic acids is 1. The minimum absolute atomic E-state index is 0.207. The molecule has 2 atom stereocenters. The number of carbonyl (C=O) groups is 1. The van der Waals surface area contributed by atoms with Gasteiger partial charge in [0.15, 0.2) is 17.5 Å². The maximum Gasteiger partial charge on any atom is 0.307 e. The zero-order chi connectivity index (χ0) is 11.2. The molecular formula is C10H7F3O2. The Morgan fingerprint density at radius 1 is 1.27 bits per heavy atom. The van der Waals surface area contributed by atoms with Crippen LogP contribution in [0, 0.1) is 23.4 Å². The first-order chi connectivity index (χ1) is 7.00. The minimum atomic E-state index is -1.52. The molecular weight excluding hydrogens is 209 g/mol. The number of hydrogen-bond donors (Lipinski definition) is 1. The van der Waals surface area contributed by atoms with Crippen LogP contribution in [-0.4, -0.2) is 11.1 Å². The second kappa shape index (κ2) is 3.25. The summed E-state index contributed by atoms with van der Waals surface area (Å²) in [5.74, 6) is -6.07. The van der Waals surface area contributed by atoms with Crippen LogP contribution in [0.25, 0.3) is 0 Å². The van der Waals surface area contributed by atoms with Crippen molar-refractivity contribution in [1.29, 1.82) is 0 Å². The Balaban J connectivity index is 2.28. The predicted molar refractivity (Wildman–Crippen MR) is 44.8 cm³/mol. The van der Waals surface area contributed by atoms with Gasteiger partial charge in [0.25, 0.3) is 0 Å². The summed E-state index contributed by atoms with van der Waals surface area (Å²) in [4.78, 5) is 10.5. The van der Waals surface area contributed by atoms with Gasteiger partial charge in [-0.05, 0) is 30.0 Å². The van der Waals surface area contributed by atoms with Gasteiger partial charge in [-0.15, -0.1) is 0 Å². The average Bonchev–Trinajstić information content (AvgIpc) is 2.92. The molecule has 0 amide bonds. The minimum Gasteiger partial charge on any atom is -0.481 e. The maximum atomic E-state index is 12.8. The summed E-state index contributed by atoms with van der Waals surface area (Å²) in [6, 6.07) is 1.71. The zero-order valence-corrected chi connectivity index (χ0v) is 7.51. The third-order valence-corrected chi connectivity index (χ3v) is 2.54. The number of benzene rings is 1. The molecule has 0 aliphatic heterocycles. The Morgan fingerprint density at radius 2 is 1.80 bits per heavy atom. The normalized spacial score (nSPS) is 23.9. The van der Waals surface area contributed by atoms with Crippen LogP contribution in [-0.2, 0) is 4.79 Å². The molecule has 0 radical (unpaired) electrons. The van der Waals surface area contributed by atoms with E-state index in [1.54, 1.807) is 0 Å². The van der Waals surface area contributed by atoms with Gasteiger partial charge >= 0.3 is 5.97 Å². The van der Waals surface area contributed by atoms with E-state index in [2.05, 4.69) is 0 Å². The summed E-state index contributed by atoms with van der Waals surface area (Å²) in [5.41, 5.74) is 0.207. The molecule has 5 heteroatoms. The van der Waals surface area contributed by atoms with E-state index in [0.717, 1.165) is 12.1 Å². The van der Waals surface area contributed by atoms with Crippen molar-refractivity contribution in [2.45, 2.75) is 12.3 Å². The number of hydrogen-bond acceptors (Lipinski definition) is 1. The molecule has 1 saturated carbocycles. The predicted octanol–water partition coefficient (Wildman–Crippen LogP) is 2.29. The Hall–Kier alpha value is -1.52. The quantitative estimate of drug-likeness (QED) is 0.770. The fourth-order valence-electron chi connectivity index (χ4n) is 1.63. The van der Waals surface area contributed by atoms with E-state index in [4.69, 9.17) is 5.11 Å². The van der Waals surface area contributed by atoms with Crippen molar-refractivity contribution >= 4 is 5.97 Å². The van der Waals surface area contributed by atoms with Crippen molar-refractivity contribution in [2.75, 3.05) is 0 Å². The molecule has 1 fully saturated rings. The zero-order valence-electron chi connectivity index (χ0n) is 7.51. The molecule has 2 rings (SSSR count). The van der Waals surface area contributed by atoms with Gasteiger partial charge in [0.2, 0.25) is 0 Å². The lowest BCUT2D eigenvalue weighted by atomic mass is 10.1. The van der Waals surface area contributed by atoms with E-state index in [-0.39, 0.29) is 5.56 Å². The molecule has 80 valence electrons. The summed E-state index contributed by atoms with van der Waals surface area (Å²) in [7, 11) is 0. The van der Waals surface area contributed by atoms with Crippen LogP contribution in [0.3, 0.4) is 0 Å². The van der Waals surface area contributed by atoms with E-state index in [1.807, 2.05) is 0 Å². The second-order valence-corrected chi connectivity index (χ2v) is 3.59. The highest BCUT2D eigenvalue weighted by Gasteiger charge is 2.44. The summed E-state index contributed by atoms with van der Waals surface area (Å²) in [6.45, 7) is 0. The Bertz CT molecular complexity index is 408. The Kier molecular flexibility index (Phi) is 2.17. The lowest BCUT2D eigenvalue weighted by Gasteiger charge is -2.01. The molecule has 0 unspecified atom stereocenters. The van der Waals surface area contributed by atoms with Crippen molar-refractivity contribution in [1.82, 2.24) is 0 Å². The van der Waals surface area contributed by atoms with Crippen molar-refractivity contribution in [3.05, 3.63) is 35.1 Å². The van der Waals surface area contributed by atoms with Crippen molar-refractivity contribution in [3.8, 4) is 0 Å². The molecule has 1 aliphatic carbocycles. The number of aliphatic carboxylic acids is 1. The number of carboxylic acid groups (broad SMARTS) is 1. The largest absolute Gasteiger partial charge is 0.481 e. The Labute approximate surface area is 83.3 Å². The van der Waals surface area contributed by atoms with Crippen LogP contribution in [0.15, 0.2) is 12.1 Å². The summed E-state index contributed by atoms with van der Waals surface area (Å²) < 4.78 is 38.2. The first-order valence-corrected chi connectivity index (χ1v) is 4.38. The summed E-state index contributed by atoms with van der Waals surface area (Å²) in [6.07, 6.45) is 0.347. The highest BCUT2D eigenvalue weighted by Crippen LogP contribution is 2.47. The number of halogens is 3. The molecule has 0 spiro atoms. The average molecular weight is 216 g/mol. The SMILES string of the molecule is O=C(O)[C@H]1C[C@H]1c1cc(F)c(F)c(F)c1. The van der Waals surface area contributed by atoms with Gasteiger partial charge in [0.05, 0.1) is 5.92 Å². The first-order valence-electron chi connectivity index (χ1n) is 4.38. The second-order valence-electron chi connectivity index (χ2n) is 3.59. The fourth-order valence-corrected chi connectivity index (χ4v) is 1.63. The van der Waals surface area contributed by atoms with E-state index in [1.165, 1.54) is 0 Å². The van der Waals surface area contributed by atoms with Gasteiger partial charge in [-0.3, -0.25) is 4.79 Å². The van der Waals surface area contributed by atoms with Crippen molar-refractivity contribution in [3.63, 3.8) is 0 Å². The molecule has 0 aromatic heterocycles. The van der Waals surface area contributed by atoms with Gasteiger partial charge in [-0.2, -0.15) is 0 Å². The van der Waals surface area contributed by atoms with Crippen LogP contribution in [0.5, 0.6) is 0 Å². The van der Waals surface area contributed by atoms with Crippen LogP contribution >= 0.6 is 0 Å². The van der Waals surface area contributed by atoms with Gasteiger partial charge < -0.3 is 5.11 Å².